The number of carbonyl (C=O) groups excluding carboxylic acids is 1. The molecule has 1 N–H and O–H groups in total. The number of benzene rings is 1. The molecule has 27 heavy (non-hydrogen) atoms. The van der Waals surface area contributed by atoms with E-state index in [4.69, 9.17) is 12.2 Å². The maximum atomic E-state index is 12.8. The first-order chi connectivity index (χ1) is 13.0. The third-order valence-electron chi connectivity index (χ3n) is 4.62. The molecule has 2 aromatic rings. The lowest BCUT2D eigenvalue weighted by Crippen LogP contribution is -2.39. The van der Waals surface area contributed by atoms with Crippen LogP contribution in [0.2, 0.25) is 0 Å². The molecule has 9 heteroatoms. The number of nitro benzene ring substituents is 1. The van der Waals surface area contributed by atoms with Crippen LogP contribution >= 0.6 is 24.0 Å². The molecule has 0 radical (unpaired) electrons. The molecule has 0 spiro atoms. The number of carbonyl (C=O) groups is 1. The van der Waals surface area contributed by atoms with Crippen LogP contribution in [0.5, 0.6) is 0 Å². The minimum absolute atomic E-state index is 0.0403. The Kier molecular flexibility index (Phi) is 4.81. The monoisotopic (exact) mass is 400 g/mol. The lowest BCUT2D eigenvalue weighted by atomic mass is 10.2. The van der Waals surface area contributed by atoms with E-state index in [0.29, 0.717) is 9.23 Å². The van der Waals surface area contributed by atoms with E-state index in [1.54, 1.807) is 17.0 Å². The van der Waals surface area contributed by atoms with Crippen LogP contribution in [0.3, 0.4) is 0 Å². The van der Waals surface area contributed by atoms with Crippen molar-refractivity contribution < 1.29 is 9.72 Å². The molecule has 2 aliphatic rings. The number of amides is 1. The zero-order valence-corrected chi connectivity index (χ0v) is 15.8. The molecule has 4 rings (SSSR count). The molecule has 2 aliphatic heterocycles. The summed E-state index contributed by atoms with van der Waals surface area (Å²) in [6.07, 6.45) is 4.58. The number of nitro groups is 1. The minimum atomic E-state index is -0.427. The summed E-state index contributed by atoms with van der Waals surface area (Å²) in [6, 6.07) is 10.2. The Morgan fingerprint density at radius 1 is 1.30 bits per heavy atom. The average molecular weight is 400 g/mol. The van der Waals surface area contributed by atoms with Gasteiger partial charge in [-0.15, -0.1) is 0 Å². The van der Waals surface area contributed by atoms with Crippen molar-refractivity contribution in [3.8, 4) is 5.69 Å². The van der Waals surface area contributed by atoms with Gasteiger partial charge in [0, 0.05) is 36.3 Å². The van der Waals surface area contributed by atoms with Crippen LogP contribution < -0.4 is 5.32 Å². The quantitative estimate of drug-likeness (QED) is 0.368. The molecule has 1 aromatic carbocycles. The number of rotatable bonds is 4. The second-order valence-corrected chi connectivity index (χ2v) is 7.95. The molecule has 0 bridgehead atoms. The summed E-state index contributed by atoms with van der Waals surface area (Å²) in [5, 5.41) is 14.1. The average Bonchev–Trinajstić information content (AvgIpc) is 3.37. The van der Waals surface area contributed by atoms with Gasteiger partial charge in [-0.25, -0.2) is 0 Å². The SMILES string of the molecule is O=C1/C(=C/c2cccn2-c2ccc([N+](=O)[O-])cc2)SC(=S)N1C1CCNC1. The van der Waals surface area contributed by atoms with Gasteiger partial charge in [-0.3, -0.25) is 19.8 Å². The summed E-state index contributed by atoms with van der Waals surface area (Å²) in [4.78, 5) is 25.5. The van der Waals surface area contributed by atoms with Crippen LogP contribution in [0.4, 0.5) is 5.69 Å². The third-order valence-corrected chi connectivity index (χ3v) is 5.95. The second-order valence-electron chi connectivity index (χ2n) is 6.27. The predicted molar refractivity (Wildman–Crippen MR) is 109 cm³/mol. The van der Waals surface area contributed by atoms with Gasteiger partial charge >= 0.3 is 0 Å². The number of hydrogen-bond donors (Lipinski definition) is 1. The van der Waals surface area contributed by atoms with Gasteiger partial charge in [-0.2, -0.15) is 0 Å². The van der Waals surface area contributed by atoms with Crippen molar-refractivity contribution in [2.45, 2.75) is 12.5 Å². The second kappa shape index (κ2) is 7.26. The number of nitrogens with zero attached hydrogens (tertiary/aromatic N) is 3. The largest absolute Gasteiger partial charge is 0.317 e. The molecule has 7 nitrogen and oxygen atoms in total. The van der Waals surface area contributed by atoms with Gasteiger partial charge in [0.25, 0.3) is 11.6 Å². The van der Waals surface area contributed by atoms with E-state index in [0.717, 1.165) is 30.9 Å². The van der Waals surface area contributed by atoms with Crippen LogP contribution in [-0.4, -0.2) is 43.7 Å². The minimum Gasteiger partial charge on any atom is -0.317 e. The Hall–Kier alpha value is -2.49. The number of thiocarbonyl (C=S) groups is 1. The van der Waals surface area contributed by atoms with Gasteiger partial charge in [0.15, 0.2) is 0 Å². The van der Waals surface area contributed by atoms with Gasteiger partial charge in [0.1, 0.15) is 4.32 Å². The summed E-state index contributed by atoms with van der Waals surface area (Å²) in [5.74, 6) is -0.0600. The maximum absolute atomic E-state index is 12.8. The molecule has 1 atom stereocenters. The molecular formula is C18H16N4O3S2. The number of hydrogen-bond acceptors (Lipinski definition) is 6. The van der Waals surface area contributed by atoms with Crippen LogP contribution in [0, 0.1) is 10.1 Å². The Bertz CT molecular complexity index is 946. The molecule has 3 heterocycles. The van der Waals surface area contributed by atoms with Crippen molar-refractivity contribution in [2.24, 2.45) is 0 Å². The van der Waals surface area contributed by atoms with Crippen molar-refractivity contribution >= 4 is 46.0 Å². The van der Waals surface area contributed by atoms with Gasteiger partial charge in [-0.1, -0.05) is 24.0 Å². The summed E-state index contributed by atoms with van der Waals surface area (Å²) < 4.78 is 2.47. The summed E-state index contributed by atoms with van der Waals surface area (Å²) in [6.45, 7) is 1.66. The predicted octanol–water partition coefficient (Wildman–Crippen LogP) is 2.95. The molecule has 1 aromatic heterocycles. The molecule has 0 aliphatic carbocycles. The first-order valence-electron chi connectivity index (χ1n) is 8.44. The van der Waals surface area contributed by atoms with E-state index in [-0.39, 0.29) is 17.6 Å². The van der Waals surface area contributed by atoms with E-state index < -0.39 is 4.92 Å². The number of aromatic nitrogens is 1. The molecule has 138 valence electrons. The first-order valence-corrected chi connectivity index (χ1v) is 9.67. The molecule has 0 saturated carbocycles. The zero-order valence-electron chi connectivity index (χ0n) is 14.2. The molecule has 1 amide bonds. The van der Waals surface area contributed by atoms with Crippen LogP contribution in [0.15, 0.2) is 47.5 Å². The highest BCUT2D eigenvalue weighted by Crippen LogP contribution is 2.35. The van der Waals surface area contributed by atoms with E-state index >= 15 is 0 Å². The van der Waals surface area contributed by atoms with E-state index in [9.17, 15) is 14.9 Å². The van der Waals surface area contributed by atoms with Crippen molar-refractivity contribution in [3.63, 3.8) is 0 Å². The van der Waals surface area contributed by atoms with Crippen LogP contribution in [0.1, 0.15) is 12.1 Å². The summed E-state index contributed by atoms with van der Waals surface area (Å²) in [7, 11) is 0. The van der Waals surface area contributed by atoms with E-state index in [2.05, 4.69) is 5.32 Å². The van der Waals surface area contributed by atoms with E-state index in [1.807, 2.05) is 29.0 Å². The normalized spacial score (nSPS) is 21.4. The Labute approximate surface area is 165 Å². The fraction of sp³-hybridized carbons (Fsp3) is 0.222. The summed E-state index contributed by atoms with van der Waals surface area (Å²) >= 11 is 6.74. The number of non-ortho nitro benzene ring substituents is 1. The topological polar surface area (TPSA) is 80.4 Å². The Morgan fingerprint density at radius 3 is 2.74 bits per heavy atom. The maximum Gasteiger partial charge on any atom is 0.269 e. The van der Waals surface area contributed by atoms with E-state index in [1.165, 1.54) is 23.9 Å². The van der Waals surface area contributed by atoms with Crippen LogP contribution in [0.25, 0.3) is 11.8 Å². The molecule has 2 saturated heterocycles. The standard InChI is InChI=1S/C18H16N4O3S2/c23-17-16(27-18(26)21(17)15-7-8-19-11-15)10-14-2-1-9-20(14)12-3-5-13(6-4-12)22(24)25/h1-6,9-10,15,19H,7-8,11H2/b16-10-. The lowest BCUT2D eigenvalue weighted by molar-refractivity contribution is -0.384. The van der Waals surface area contributed by atoms with Crippen molar-refractivity contribution in [3.05, 3.63) is 63.3 Å². The van der Waals surface area contributed by atoms with Crippen molar-refractivity contribution in [1.82, 2.24) is 14.8 Å². The van der Waals surface area contributed by atoms with Gasteiger partial charge < -0.3 is 9.88 Å². The first kappa shape index (κ1) is 17.9. The smallest absolute Gasteiger partial charge is 0.269 e. The summed E-state index contributed by atoms with van der Waals surface area (Å²) in [5.41, 5.74) is 1.64. The number of nitrogens with one attached hydrogen (secondary N) is 1. The lowest BCUT2D eigenvalue weighted by Gasteiger charge is -2.21. The highest BCUT2D eigenvalue weighted by atomic mass is 32.2. The third kappa shape index (κ3) is 3.41. The molecular weight excluding hydrogens is 384 g/mol. The highest BCUT2D eigenvalue weighted by Gasteiger charge is 2.38. The van der Waals surface area contributed by atoms with Crippen LogP contribution in [-0.2, 0) is 4.79 Å². The zero-order chi connectivity index (χ0) is 19.0. The highest BCUT2D eigenvalue weighted by molar-refractivity contribution is 8.26. The van der Waals surface area contributed by atoms with Crippen molar-refractivity contribution in [1.29, 1.82) is 0 Å². The Morgan fingerprint density at radius 2 is 2.07 bits per heavy atom. The Balaban J connectivity index is 1.62. The van der Waals surface area contributed by atoms with Gasteiger partial charge in [0.2, 0.25) is 0 Å². The van der Waals surface area contributed by atoms with Crippen molar-refractivity contribution in [2.75, 3.05) is 13.1 Å². The number of thioether (sulfide) groups is 1. The fourth-order valence-electron chi connectivity index (χ4n) is 3.27. The molecule has 2 fully saturated rings. The van der Waals surface area contributed by atoms with Gasteiger partial charge in [0.05, 0.1) is 15.9 Å². The molecule has 1 unspecified atom stereocenters. The fourth-order valence-corrected chi connectivity index (χ4v) is 4.66. The van der Waals surface area contributed by atoms with Gasteiger partial charge in [-0.05, 0) is 43.3 Å².